The molecule has 0 aliphatic heterocycles. The molecule has 1 N–H and O–H groups in total. The first-order valence-corrected chi connectivity index (χ1v) is 12.1. The number of rotatable bonds is 10. The lowest BCUT2D eigenvalue weighted by atomic mass is 10.1. The van der Waals surface area contributed by atoms with Crippen LogP contribution >= 0.6 is 0 Å². The van der Waals surface area contributed by atoms with Crippen LogP contribution in [0, 0.1) is 18.6 Å². The quantitative estimate of drug-likeness (QED) is 0.242. The second-order valence-electron chi connectivity index (χ2n) is 8.66. The molecule has 0 fully saturated rings. The average molecular weight is 533 g/mol. The number of hydrogen-bond acceptors (Lipinski definition) is 8. The molecule has 0 aliphatic rings. The van der Waals surface area contributed by atoms with Crippen molar-refractivity contribution in [1.29, 1.82) is 0 Å². The van der Waals surface area contributed by atoms with E-state index in [0.717, 1.165) is 28.8 Å². The lowest BCUT2D eigenvalue weighted by Gasteiger charge is -2.12. The summed E-state index contributed by atoms with van der Waals surface area (Å²) in [4.78, 5) is 13.3. The van der Waals surface area contributed by atoms with Crippen LogP contribution in [0.4, 0.5) is 20.3 Å². The van der Waals surface area contributed by atoms with Crippen LogP contribution in [0.5, 0.6) is 11.5 Å². The number of nitrogens with one attached hydrogen (secondary N) is 1. The summed E-state index contributed by atoms with van der Waals surface area (Å²) >= 11 is 0. The molecule has 39 heavy (non-hydrogen) atoms. The van der Waals surface area contributed by atoms with Gasteiger partial charge < -0.3 is 19.5 Å². The van der Waals surface area contributed by atoms with E-state index in [1.165, 1.54) is 18.9 Å². The van der Waals surface area contributed by atoms with Gasteiger partial charge in [-0.25, -0.2) is 18.7 Å². The predicted octanol–water partition coefficient (Wildman–Crippen LogP) is 5.30. The number of anilines is 2. The number of aromatic nitrogens is 5. The fourth-order valence-electron chi connectivity index (χ4n) is 4.08. The van der Waals surface area contributed by atoms with Crippen LogP contribution < -0.4 is 14.8 Å². The molecule has 0 amide bonds. The van der Waals surface area contributed by atoms with Gasteiger partial charge in [0.15, 0.2) is 17.4 Å². The summed E-state index contributed by atoms with van der Waals surface area (Å²) in [6, 6.07) is 11.5. The number of aryl methyl sites for hydroxylation is 1. The van der Waals surface area contributed by atoms with Crippen LogP contribution in [0.25, 0.3) is 22.4 Å². The highest BCUT2D eigenvalue weighted by atomic mass is 19.1. The summed E-state index contributed by atoms with van der Waals surface area (Å²) in [6.45, 7) is 2.27. The first-order valence-electron chi connectivity index (χ1n) is 12.1. The Labute approximate surface area is 223 Å². The number of para-hydroxylation sites is 1. The molecule has 2 aromatic carbocycles. The van der Waals surface area contributed by atoms with E-state index in [-0.39, 0.29) is 24.5 Å². The Hall–Kier alpha value is -4.64. The van der Waals surface area contributed by atoms with Gasteiger partial charge in [-0.1, -0.05) is 18.2 Å². The maximum atomic E-state index is 15.0. The fraction of sp³-hybridized carbons (Fsp3) is 0.214. The van der Waals surface area contributed by atoms with Gasteiger partial charge in [-0.15, -0.1) is 0 Å². The van der Waals surface area contributed by atoms with E-state index in [1.807, 2.05) is 37.3 Å². The molecule has 9 nitrogen and oxygen atoms in total. The number of benzene rings is 2. The van der Waals surface area contributed by atoms with Gasteiger partial charge in [-0.2, -0.15) is 5.10 Å². The minimum Gasteiger partial charge on any atom is -0.491 e. The van der Waals surface area contributed by atoms with Crippen molar-refractivity contribution in [2.45, 2.75) is 13.5 Å². The average Bonchev–Trinajstić information content (AvgIpc) is 3.30. The van der Waals surface area contributed by atoms with E-state index >= 15 is 0 Å². The van der Waals surface area contributed by atoms with Gasteiger partial charge in [0.1, 0.15) is 29.7 Å². The standard InChI is InChI=1S/C28H26F2N6O3/c1-17-14-31-9-8-23(17)33-27-25(38-3)15-32-28(34-27)26-19-6-4-5-7-24(19)36(35-26)16-20-21(29)12-18(13-22(20)30)39-11-10-37-2/h4-9,12-15H,10-11,16H2,1-3H3,(H,31,32,33,34). The van der Waals surface area contributed by atoms with E-state index < -0.39 is 11.6 Å². The zero-order chi connectivity index (χ0) is 27.4. The number of ether oxygens (including phenoxy) is 3. The molecule has 0 spiro atoms. The third kappa shape index (κ3) is 5.48. The maximum Gasteiger partial charge on any atom is 0.183 e. The zero-order valence-corrected chi connectivity index (χ0v) is 21.6. The summed E-state index contributed by atoms with van der Waals surface area (Å²) in [6.07, 6.45) is 4.97. The zero-order valence-electron chi connectivity index (χ0n) is 21.6. The fourth-order valence-corrected chi connectivity index (χ4v) is 4.08. The summed E-state index contributed by atoms with van der Waals surface area (Å²) in [5.74, 6) is -0.171. The SMILES string of the molecule is COCCOc1cc(F)c(Cn2nc(-c3ncc(OC)c(Nc4ccncc4C)n3)c3ccccc32)c(F)c1. The van der Waals surface area contributed by atoms with Crippen molar-refractivity contribution in [3.63, 3.8) is 0 Å². The molecule has 11 heteroatoms. The molecule has 0 unspecified atom stereocenters. The maximum absolute atomic E-state index is 15.0. The predicted molar refractivity (Wildman–Crippen MR) is 142 cm³/mol. The van der Waals surface area contributed by atoms with Crippen molar-refractivity contribution in [3.05, 3.63) is 83.8 Å². The van der Waals surface area contributed by atoms with E-state index in [9.17, 15) is 8.78 Å². The number of nitrogens with zero attached hydrogens (tertiary/aromatic N) is 5. The monoisotopic (exact) mass is 532 g/mol. The normalized spacial score (nSPS) is 11.1. The van der Waals surface area contributed by atoms with E-state index in [0.29, 0.717) is 35.2 Å². The molecule has 0 saturated carbocycles. The van der Waals surface area contributed by atoms with Crippen LogP contribution in [0.15, 0.2) is 61.1 Å². The van der Waals surface area contributed by atoms with E-state index in [1.54, 1.807) is 18.6 Å². The van der Waals surface area contributed by atoms with Crippen molar-refractivity contribution >= 4 is 22.4 Å². The Morgan fingerprint density at radius 2 is 1.79 bits per heavy atom. The highest BCUT2D eigenvalue weighted by Crippen LogP contribution is 2.32. The van der Waals surface area contributed by atoms with Crippen molar-refractivity contribution in [2.24, 2.45) is 0 Å². The lowest BCUT2D eigenvalue weighted by Crippen LogP contribution is -2.09. The van der Waals surface area contributed by atoms with Gasteiger partial charge in [0.2, 0.25) is 0 Å². The van der Waals surface area contributed by atoms with Gasteiger partial charge in [-0.05, 0) is 24.6 Å². The Kier molecular flexibility index (Phi) is 7.60. The third-order valence-electron chi connectivity index (χ3n) is 6.10. The smallest absolute Gasteiger partial charge is 0.183 e. The largest absolute Gasteiger partial charge is 0.491 e. The second kappa shape index (κ2) is 11.4. The van der Waals surface area contributed by atoms with Crippen molar-refractivity contribution in [2.75, 3.05) is 32.8 Å². The molecule has 3 aromatic heterocycles. The molecule has 5 aromatic rings. The molecule has 3 heterocycles. The molecule has 0 radical (unpaired) electrons. The minimum absolute atomic E-state index is 0.0907. The number of hydrogen-bond donors (Lipinski definition) is 1. The van der Waals surface area contributed by atoms with E-state index in [2.05, 4.69) is 25.4 Å². The third-order valence-corrected chi connectivity index (χ3v) is 6.10. The van der Waals surface area contributed by atoms with Crippen LogP contribution in [0.1, 0.15) is 11.1 Å². The molecule has 200 valence electrons. The van der Waals surface area contributed by atoms with Gasteiger partial charge >= 0.3 is 0 Å². The molecule has 0 saturated heterocycles. The van der Waals surface area contributed by atoms with Gasteiger partial charge in [0.05, 0.1) is 32.0 Å². The Bertz CT molecular complexity index is 1600. The van der Waals surface area contributed by atoms with Crippen molar-refractivity contribution in [3.8, 4) is 23.0 Å². The summed E-state index contributed by atoms with van der Waals surface area (Å²) < 4.78 is 47.2. The van der Waals surface area contributed by atoms with Gasteiger partial charge in [0, 0.05) is 48.3 Å². The molecule has 5 rings (SSSR count). The Morgan fingerprint density at radius 3 is 2.54 bits per heavy atom. The second-order valence-corrected chi connectivity index (χ2v) is 8.66. The Balaban J connectivity index is 1.52. The van der Waals surface area contributed by atoms with Crippen molar-refractivity contribution in [1.82, 2.24) is 24.7 Å². The highest BCUT2D eigenvalue weighted by Gasteiger charge is 2.20. The van der Waals surface area contributed by atoms with Crippen LogP contribution in [0.3, 0.4) is 0 Å². The number of fused-ring (bicyclic) bond motifs is 1. The Morgan fingerprint density at radius 1 is 1.00 bits per heavy atom. The van der Waals surface area contributed by atoms with Crippen molar-refractivity contribution < 1.29 is 23.0 Å². The minimum atomic E-state index is -0.733. The first kappa shape index (κ1) is 26.0. The van der Waals surface area contributed by atoms with E-state index in [4.69, 9.17) is 14.2 Å². The topological polar surface area (TPSA) is 96.2 Å². The lowest BCUT2D eigenvalue weighted by molar-refractivity contribution is 0.146. The number of pyridine rings is 1. The van der Waals surface area contributed by atoms with Crippen LogP contribution in [-0.2, 0) is 11.3 Å². The van der Waals surface area contributed by atoms with Gasteiger partial charge in [-0.3, -0.25) is 9.67 Å². The number of methoxy groups -OCH3 is 2. The summed E-state index contributed by atoms with van der Waals surface area (Å²) in [5, 5.41) is 8.67. The van der Waals surface area contributed by atoms with Gasteiger partial charge in [0.25, 0.3) is 0 Å². The molecule has 0 bridgehead atoms. The molecule has 0 atom stereocenters. The first-order chi connectivity index (χ1) is 19.0. The summed E-state index contributed by atoms with van der Waals surface area (Å²) in [7, 11) is 3.05. The highest BCUT2D eigenvalue weighted by molar-refractivity contribution is 5.92. The molecular weight excluding hydrogens is 506 g/mol. The van der Waals surface area contributed by atoms with Crippen LogP contribution in [0.2, 0.25) is 0 Å². The van der Waals surface area contributed by atoms with Crippen LogP contribution in [-0.4, -0.2) is 52.2 Å². The molecule has 0 aliphatic carbocycles. The molecular formula is C28H26F2N6O3. The summed E-state index contributed by atoms with van der Waals surface area (Å²) in [5.41, 5.74) is 2.73. The number of halogens is 2.